The molecule has 0 saturated heterocycles. The van der Waals surface area contributed by atoms with Crippen LogP contribution in [0.15, 0.2) is 40.9 Å². The zero-order valence-electron chi connectivity index (χ0n) is 20.2. The number of nitrogens with one attached hydrogen (secondary N) is 1. The molecule has 0 fully saturated rings. The second kappa shape index (κ2) is 8.99. The van der Waals surface area contributed by atoms with Crippen molar-refractivity contribution in [2.45, 2.75) is 45.7 Å². The van der Waals surface area contributed by atoms with Gasteiger partial charge in [0, 0.05) is 46.0 Å². The Morgan fingerprint density at radius 3 is 2.77 bits per heavy atom. The number of rotatable bonds is 7. The third-order valence-corrected chi connectivity index (χ3v) is 7.94. The highest BCUT2D eigenvalue weighted by atomic mass is 79.9. The summed E-state index contributed by atoms with van der Waals surface area (Å²) in [6.45, 7) is 4.99. The third kappa shape index (κ3) is 3.57. The van der Waals surface area contributed by atoms with Crippen LogP contribution in [0.5, 0.6) is 5.75 Å². The molecule has 2 aliphatic rings. The van der Waals surface area contributed by atoms with E-state index in [-0.39, 0.29) is 5.91 Å². The number of methoxy groups -OCH3 is 1. The molecule has 1 aliphatic carbocycles. The quantitative estimate of drug-likeness (QED) is 0.280. The van der Waals surface area contributed by atoms with Gasteiger partial charge in [0.2, 0.25) is 0 Å². The minimum atomic E-state index is 0.0283. The first-order valence-electron chi connectivity index (χ1n) is 12.4. The van der Waals surface area contributed by atoms with Crippen molar-refractivity contribution in [3.05, 3.63) is 63.1 Å². The number of carbonyl (C=O) groups is 1. The lowest BCUT2D eigenvalue weighted by Crippen LogP contribution is -2.16. The van der Waals surface area contributed by atoms with Crippen molar-refractivity contribution in [2.75, 3.05) is 20.3 Å². The summed E-state index contributed by atoms with van der Waals surface area (Å²) in [4.78, 5) is 13.2. The number of nitrogens with zero attached hydrogens (tertiary/aromatic N) is 1. The van der Waals surface area contributed by atoms with E-state index in [1.54, 1.807) is 7.11 Å². The van der Waals surface area contributed by atoms with Gasteiger partial charge in [-0.25, -0.2) is 0 Å². The highest BCUT2D eigenvalue weighted by molar-refractivity contribution is 9.10. The molecule has 180 valence electrons. The van der Waals surface area contributed by atoms with Crippen LogP contribution in [0.4, 0.5) is 0 Å². The Hall–Kier alpha value is -2.83. The van der Waals surface area contributed by atoms with Crippen molar-refractivity contribution in [2.24, 2.45) is 0 Å². The van der Waals surface area contributed by atoms with E-state index in [0.717, 1.165) is 71.3 Å². The number of hydrogen-bond donors (Lipinski definition) is 1. The van der Waals surface area contributed by atoms with Crippen LogP contribution >= 0.6 is 15.9 Å². The molecule has 1 aromatic heterocycles. The lowest BCUT2D eigenvalue weighted by molar-refractivity contribution is 0.0966. The Morgan fingerprint density at radius 1 is 1.06 bits per heavy atom. The van der Waals surface area contributed by atoms with Crippen LogP contribution in [-0.2, 0) is 30.7 Å². The van der Waals surface area contributed by atoms with Crippen LogP contribution in [-0.4, -0.2) is 30.8 Å². The second-order valence-corrected chi connectivity index (χ2v) is 10.3. The maximum Gasteiger partial charge on any atom is 0.252 e. The molecule has 5 nitrogen and oxygen atoms in total. The van der Waals surface area contributed by atoms with Gasteiger partial charge in [0.25, 0.3) is 5.91 Å². The molecular formula is C29H29BrN2O3. The smallest absolute Gasteiger partial charge is 0.252 e. The predicted molar refractivity (Wildman–Crippen MR) is 143 cm³/mol. The maximum atomic E-state index is 13.2. The summed E-state index contributed by atoms with van der Waals surface area (Å²) in [5.74, 6) is 0.887. The number of hydrogen-bond acceptors (Lipinski definition) is 3. The van der Waals surface area contributed by atoms with Crippen LogP contribution in [0.1, 0.15) is 46.8 Å². The van der Waals surface area contributed by atoms with Crippen molar-refractivity contribution in [1.82, 2.24) is 9.88 Å². The maximum absolute atomic E-state index is 13.2. The van der Waals surface area contributed by atoms with Gasteiger partial charge >= 0.3 is 0 Å². The average molecular weight is 533 g/mol. The number of aryl methyl sites for hydroxylation is 2. The number of amides is 1. The average Bonchev–Trinajstić information content (AvgIpc) is 3.41. The van der Waals surface area contributed by atoms with E-state index in [2.05, 4.69) is 63.1 Å². The van der Waals surface area contributed by atoms with E-state index in [4.69, 9.17) is 9.47 Å². The summed E-state index contributed by atoms with van der Waals surface area (Å²) in [7, 11) is 1.70. The fourth-order valence-electron chi connectivity index (χ4n) is 5.86. The molecule has 35 heavy (non-hydrogen) atoms. The number of aromatic nitrogens is 1. The number of benzene rings is 3. The van der Waals surface area contributed by atoms with Crippen LogP contribution in [0, 0.1) is 0 Å². The highest BCUT2D eigenvalue weighted by Gasteiger charge is 2.34. The number of halogens is 1. The molecule has 0 unspecified atom stereocenters. The van der Waals surface area contributed by atoms with Gasteiger partial charge in [0.1, 0.15) is 5.75 Å². The second-order valence-electron chi connectivity index (χ2n) is 9.42. The van der Waals surface area contributed by atoms with Gasteiger partial charge in [0.15, 0.2) is 0 Å². The zero-order valence-corrected chi connectivity index (χ0v) is 21.8. The van der Waals surface area contributed by atoms with Gasteiger partial charge in [-0.1, -0.05) is 35.3 Å². The Bertz CT molecular complexity index is 1490. The van der Waals surface area contributed by atoms with Crippen molar-refractivity contribution in [1.29, 1.82) is 0 Å². The molecule has 0 bridgehead atoms. The Kier molecular flexibility index (Phi) is 5.81. The van der Waals surface area contributed by atoms with Crippen molar-refractivity contribution in [3.63, 3.8) is 0 Å². The van der Waals surface area contributed by atoms with Gasteiger partial charge < -0.3 is 19.4 Å². The molecule has 6 heteroatoms. The third-order valence-electron chi connectivity index (χ3n) is 7.45. The van der Waals surface area contributed by atoms with E-state index in [1.807, 2.05) is 6.07 Å². The Balaban J connectivity index is 1.64. The van der Waals surface area contributed by atoms with E-state index in [9.17, 15) is 4.79 Å². The van der Waals surface area contributed by atoms with Crippen molar-refractivity contribution in [3.8, 4) is 16.9 Å². The van der Waals surface area contributed by atoms with E-state index in [1.165, 1.54) is 32.9 Å². The lowest BCUT2D eigenvalue weighted by atomic mass is 9.80. The molecule has 0 spiro atoms. The molecule has 1 aliphatic heterocycles. The Morgan fingerprint density at radius 2 is 1.94 bits per heavy atom. The standard InChI is InChI=1S/C29H29BrN2O3/c1-3-4-12-35-13-11-32-24-10-6-18(30)15-22(24)26-23-16-31-29(33)27(23)25-20-9-7-19(34-2)14-17(20)5-8-21(25)28(26)32/h6-7,9-10,14-15H,3-5,8,11-13,16H2,1-2H3,(H,31,33). The van der Waals surface area contributed by atoms with Crippen LogP contribution < -0.4 is 10.1 Å². The van der Waals surface area contributed by atoms with Crippen LogP contribution in [0.2, 0.25) is 0 Å². The van der Waals surface area contributed by atoms with Gasteiger partial charge in [-0.2, -0.15) is 0 Å². The minimum absolute atomic E-state index is 0.0283. The summed E-state index contributed by atoms with van der Waals surface area (Å²) in [5.41, 5.74) is 9.17. The highest BCUT2D eigenvalue weighted by Crippen LogP contribution is 2.47. The van der Waals surface area contributed by atoms with Gasteiger partial charge in [-0.3, -0.25) is 4.79 Å². The predicted octanol–water partition coefficient (Wildman–Crippen LogP) is 6.39. The van der Waals surface area contributed by atoms with Gasteiger partial charge in [-0.15, -0.1) is 0 Å². The first-order valence-corrected chi connectivity index (χ1v) is 13.2. The first kappa shape index (κ1) is 22.6. The fraction of sp³-hybridized carbons (Fsp3) is 0.345. The zero-order chi connectivity index (χ0) is 24.1. The van der Waals surface area contributed by atoms with Crippen molar-refractivity contribution >= 4 is 43.6 Å². The largest absolute Gasteiger partial charge is 0.497 e. The van der Waals surface area contributed by atoms with E-state index in [0.29, 0.717) is 13.2 Å². The van der Waals surface area contributed by atoms with E-state index < -0.39 is 0 Å². The topological polar surface area (TPSA) is 52.5 Å². The molecule has 2 heterocycles. The molecule has 6 rings (SSSR count). The van der Waals surface area contributed by atoms with Gasteiger partial charge in [-0.05, 0) is 71.8 Å². The summed E-state index contributed by atoms with van der Waals surface area (Å²) >= 11 is 3.68. The number of fused-ring (bicyclic) bond motifs is 10. The molecule has 0 atom stereocenters. The monoisotopic (exact) mass is 532 g/mol. The SMILES string of the molecule is CCCCOCCn1c2ccc(Br)cc2c2c3c(c4c(c21)CCc1cc(OC)ccc1-4)C(=O)NC3. The molecule has 4 aromatic rings. The molecule has 0 saturated carbocycles. The normalized spacial score (nSPS) is 14.2. The van der Waals surface area contributed by atoms with E-state index >= 15 is 0 Å². The minimum Gasteiger partial charge on any atom is -0.497 e. The molecule has 1 N–H and O–H groups in total. The van der Waals surface area contributed by atoms with Crippen LogP contribution in [0.25, 0.3) is 32.9 Å². The number of unbranched alkanes of at least 4 members (excludes halogenated alkanes) is 1. The molecular weight excluding hydrogens is 504 g/mol. The number of carbonyl (C=O) groups excluding carboxylic acids is 1. The summed E-state index contributed by atoms with van der Waals surface area (Å²) in [6.07, 6.45) is 4.03. The molecule has 0 radical (unpaired) electrons. The molecule has 1 amide bonds. The number of ether oxygens (including phenoxy) is 2. The van der Waals surface area contributed by atoms with Gasteiger partial charge in [0.05, 0.1) is 24.8 Å². The van der Waals surface area contributed by atoms with Crippen molar-refractivity contribution < 1.29 is 14.3 Å². The van der Waals surface area contributed by atoms with Crippen LogP contribution in [0.3, 0.4) is 0 Å². The summed E-state index contributed by atoms with van der Waals surface area (Å²) < 4.78 is 15.0. The molecule has 3 aromatic carbocycles. The first-order chi connectivity index (χ1) is 17.1. The fourth-order valence-corrected chi connectivity index (χ4v) is 6.22. The lowest BCUT2D eigenvalue weighted by Gasteiger charge is -2.25. The Labute approximate surface area is 213 Å². The summed E-state index contributed by atoms with van der Waals surface area (Å²) in [5, 5.41) is 5.53. The summed E-state index contributed by atoms with van der Waals surface area (Å²) in [6, 6.07) is 12.7.